The monoisotopic (exact) mass is 450 g/mol. The first-order valence-corrected chi connectivity index (χ1v) is 11.8. The summed E-state index contributed by atoms with van der Waals surface area (Å²) >= 11 is 0. The van der Waals surface area contributed by atoms with Crippen LogP contribution in [0.3, 0.4) is 0 Å². The third-order valence-corrected chi connectivity index (χ3v) is 7.50. The molecule has 2 unspecified atom stereocenters. The number of aliphatic hydroxyl groups excluding tert-OH is 1. The fourth-order valence-corrected chi connectivity index (χ4v) is 6.20. The molecule has 0 aromatic rings. The number of aliphatic carboxylic acids is 1. The number of carboxylic acids is 1. The average Bonchev–Trinajstić information content (AvgIpc) is 3.29. The zero-order valence-corrected chi connectivity index (χ0v) is 19.7. The molecule has 3 rings (SSSR count). The Morgan fingerprint density at radius 2 is 2.06 bits per heavy atom. The number of hydrogen-bond acceptors (Lipinski definition) is 5. The molecule has 0 aromatic heterocycles. The predicted octanol–water partition coefficient (Wildman–Crippen LogP) is 2.06. The molecule has 2 N–H and O–H groups in total. The Morgan fingerprint density at radius 3 is 2.59 bits per heavy atom. The molecule has 180 valence electrons. The van der Waals surface area contributed by atoms with Crippen LogP contribution in [0.25, 0.3) is 0 Å². The van der Waals surface area contributed by atoms with E-state index in [4.69, 9.17) is 4.74 Å². The van der Waals surface area contributed by atoms with Crippen LogP contribution in [0.15, 0.2) is 12.7 Å². The smallest absolute Gasteiger partial charge is 0.310 e. The van der Waals surface area contributed by atoms with Crippen molar-refractivity contribution in [2.45, 2.75) is 83.1 Å². The minimum atomic E-state index is -1.18. The number of unbranched alkanes of at least 4 members (excludes halogenated alkanes) is 1. The molecule has 0 radical (unpaired) electrons. The van der Waals surface area contributed by atoms with Gasteiger partial charge in [-0.3, -0.25) is 14.4 Å². The van der Waals surface area contributed by atoms with E-state index in [-0.39, 0.29) is 24.3 Å². The maximum atomic E-state index is 14.0. The van der Waals surface area contributed by atoms with Gasteiger partial charge >= 0.3 is 5.97 Å². The van der Waals surface area contributed by atoms with Crippen molar-refractivity contribution in [2.24, 2.45) is 17.8 Å². The highest BCUT2D eigenvalue weighted by Crippen LogP contribution is 2.63. The molecule has 0 saturated carbocycles. The highest BCUT2D eigenvalue weighted by atomic mass is 16.5. The van der Waals surface area contributed by atoms with Gasteiger partial charge in [0.25, 0.3) is 0 Å². The van der Waals surface area contributed by atoms with E-state index in [1.165, 1.54) is 4.90 Å². The van der Waals surface area contributed by atoms with E-state index in [1.54, 1.807) is 17.9 Å². The molecule has 3 fully saturated rings. The fraction of sp³-hybridized carbons (Fsp3) is 0.792. The van der Waals surface area contributed by atoms with Crippen molar-refractivity contribution in [3.8, 4) is 0 Å². The Morgan fingerprint density at radius 1 is 1.38 bits per heavy atom. The second-order valence-corrected chi connectivity index (χ2v) is 10.2. The van der Waals surface area contributed by atoms with E-state index < -0.39 is 41.1 Å². The normalized spacial score (nSPS) is 34.1. The Hall–Kier alpha value is -1.93. The number of nitrogens with zero attached hydrogens (tertiary/aromatic N) is 2. The van der Waals surface area contributed by atoms with E-state index >= 15 is 0 Å². The molecule has 3 aliphatic heterocycles. The van der Waals surface area contributed by atoms with Gasteiger partial charge in [-0.15, -0.1) is 6.58 Å². The number of carbonyl (C=O) groups is 3. The summed E-state index contributed by atoms with van der Waals surface area (Å²) in [6.07, 6.45) is 4.82. The minimum absolute atomic E-state index is 0.183. The van der Waals surface area contributed by atoms with Crippen molar-refractivity contribution in [2.75, 3.05) is 19.7 Å². The molecule has 32 heavy (non-hydrogen) atoms. The van der Waals surface area contributed by atoms with Gasteiger partial charge in [-0.1, -0.05) is 33.3 Å². The van der Waals surface area contributed by atoms with Gasteiger partial charge in [0, 0.05) is 13.1 Å². The molecule has 6 atom stereocenters. The number of aliphatic hydroxyl groups is 1. The third-order valence-electron chi connectivity index (χ3n) is 7.50. The minimum Gasteiger partial charge on any atom is -0.481 e. The summed E-state index contributed by atoms with van der Waals surface area (Å²) in [5.41, 5.74) is -2.15. The summed E-state index contributed by atoms with van der Waals surface area (Å²) in [5.74, 6) is -3.45. The lowest BCUT2D eigenvalue weighted by Gasteiger charge is -2.40. The maximum absolute atomic E-state index is 14.0. The average molecular weight is 451 g/mol. The molecule has 2 bridgehead atoms. The number of fused-ring (bicyclic) bond motifs is 1. The van der Waals surface area contributed by atoms with Gasteiger partial charge < -0.3 is 24.7 Å². The Bertz CT molecular complexity index is 770. The van der Waals surface area contributed by atoms with Crippen molar-refractivity contribution in [1.29, 1.82) is 0 Å². The van der Waals surface area contributed by atoms with Gasteiger partial charge in [0.2, 0.25) is 11.8 Å². The van der Waals surface area contributed by atoms with Crippen LogP contribution in [0, 0.1) is 17.8 Å². The number of amides is 2. The molecular formula is C24H38N2O6. The standard InChI is InChI=1S/C24H38N2O6/c1-6-8-12-25(11-7-2)21(29)19-24-10-9-23(5,32-24)18(22(30)31)17(24)20(28)26(19)16(14-27)13-15(3)4/h7,15-19,27H,2,6,8-14H2,1,3-5H3,(H,30,31)/t16-,17+,18-,19?,23+,24?/m1/s1. The largest absolute Gasteiger partial charge is 0.481 e. The van der Waals surface area contributed by atoms with Gasteiger partial charge in [-0.2, -0.15) is 0 Å². The summed E-state index contributed by atoms with van der Waals surface area (Å²) in [4.78, 5) is 43.2. The van der Waals surface area contributed by atoms with E-state index in [1.807, 2.05) is 20.8 Å². The molecular weight excluding hydrogens is 412 g/mol. The van der Waals surface area contributed by atoms with Crippen LogP contribution < -0.4 is 0 Å². The van der Waals surface area contributed by atoms with Crippen LogP contribution >= 0.6 is 0 Å². The van der Waals surface area contributed by atoms with Gasteiger partial charge in [0.1, 0.15) is 11.6 Å². The van der Waals surface area contributed by atoms with Crippen LogP contribution in [0.4, 0.5) is 0 Å². The summed E-state index contributed by atoms with van der Waals surface area (Å²) < 4.78 is 6.41. The molecule has 1 spiro atoms. The summed E-state index contributed by atoms with van der Waals surface area (Å²) in [6, 6.07) is -1.52. The molecule has 8 heteroatoms. The van der Waals surface area contributed by atoms with Crippen molar-refractivity contribution in [3.63, 3.8) is 0 Å². The van der Waals surface area contributed by atoms with E-state index in [0.717, 1.165) is 12.8 Å². The first kappa shape index (κ1) is 24.7. The van der Waals surface area contributed by atoms with Crippen LogP contribution in [0.1, 0.15) is 59.8 Å². The third kappa shape index (κ3) is 3.75. The number of rotatable bonds is 11. The van der Waals surface area contributed by atoms with Crippen LogP contribution in [0.2, 0.25) is 0 Å². The van der Waals surface area contributed by atoms with Crippen molar-refractivity contribution in [3.05, 3.63) is 12.7 Å². The van der Waals surface area contributed by atoms with Gasteiger partial charge in [0.05, 0.1) is 30.1 Å². The Kier molecular flexibility index (Phi) is 7.05. The van der Waals surface area contributed by atoms with Crippen molar-refractivity contribution >= 4 is 17.8 Å². The Labute approximate surface area is 190 Å². The van der Waals surface area contributed by atoms with Crippen molar-refractivity contribution in [1.82, 2.24) is 9.80 Å². The lowest BCUT2D eigenvalue weighted by Crippen LogP contribution is -2.59. The number of likely N-dealkylation sites (tertiary alicyclic amines) is 1. The second-order valence-electron chi connectivity index (χ2n) is 10.2. The lowest BCUT2D eigenvalue weighted by atomic mass is 9.66. The highest BCUT2D eigenvalue weighted by molar-refractivity contribution is 5.98. The van der Waals surface area contributed by atoms with Gasteiger partial charge in [0.15, 0.2) is 0 Å². The summed E-state index contributed by atoms with van der Waals surface area (Å²) in [7, 11) is 0. The molecule has 3 saturated heterocycles. The number of carboxylic acid groups (broad SMARTS) is 1. The molecule has 0 aromatic carbocycles. The molecule has 8 nitrogen and oxygen atoms in total. The van der Waals surface area contributed by atoms with E-state index in [2.05, 4.69) is 6.58 Å². The van der Waals surface area contributed by atoms with E-state index in [9.17, 15) is 24.6 Å². The number of carbonyl (C=O) groups excluding carboxylic acids is 2. The zero-order chi connectivity index (χ0) is 23.8. The first-order chi connectivity index (χ1) is 15.1. The number of ether oxygens (including phenoxy) is 1. The summed E-state index contributed by atoms with van der Waals surface area (Å²) in [6.45, 7) is 12.1. The SMILES string of the molecule is C=CCN(CCCC)C(=O)C1N([C@@H](CO)CC(C)C)C(=O)[C@@H]2[C@H](C(=O)O)[C@]3(C)CCC12O3. The Balaban J connectivity index is 2.10. The zero-order valence-electron chi connectivity index (χ0n) is 19.7. The fourth-order valence-electron chi connectivity index (χ4n) is 6.20. The van der Waals surface area contributed by atoms with Crippen LogP contribution in [-0.2, 0) is 19.1 Å². The molecule has 3 heterocycles. The first-order valence-electron chi connectivity index (χ1n) is 11.8. The lowest BCUT2D eigenvalue weighted by molar-refractivity contribution is -0.158. The predicted molar refractivity (Wildman–Crippen MR) is 119 cm³/mol. The van der Waals surface area contributed by atoms with Gasteiger partial charge in [-0.25, -0.2) is 0 Å². The number of hydrogen-bond donors (Lipinski definition) is 2. The molecule has 0 aliphatic carbocycles. The second kappa shape index (κ2) is 9.14. The maximum Gasteiger partial charge on any atom is 0.310 e. The quantitative estimate of drug-likeness (QED) is 0.467. The van der Waals surface area contributed by atoms with Crippen molar-refractivity contribution < 1.29 is 29.3 Å². The highest BCUT2D eigenvalue weighted by Gasteiger charge is 2.78. The topological polar surface area (TPSA) is 107 Å². The van der Waals surface area contributed by atoms with E-state index in [0.29, 0.717) is 32.4 Å². The molecule has 2 amide bonds. The van der Waals surface area contributed by atoms with Crippen LogP contribution in [0.5, 0.6) is 0 Å². The summed E-state index contributed by atoms with van der Waals surface area (Å²) in [5, 5.41) is 20.2. The molecule has 3 aliphatic rings. The van der Waals surface area contributed by atoms with Gasteiger partial charge in [-0.05, 0) is 38.5 Å². The van der Waals surface area contributed by atoms with Crippen LogP contribution in [-0.4, -0.2) is 80.8 Å².